The minimum absolute atomic E-state index is 0.110. The molecular formula is C18H21NO5. The number of hydrogen-bond donors (Lipinski definition) is 0. The number of carbonyl (C=O) groups is 1. The summed E-state index contributed by atoms with van der Waals surface area (Å²) in [6.45, 7) is 3.05. The van der Waals surface area contributed by atoms with Crippen LogP contribution in [0.1, 0.15) is 18.2 Å². The molecule has 0 atom stereocenters. The summed E-state index contributed by atoms with van der Waals surface area (Å²) in [4.78, 5) is 25.5. The maximum atomic E-state index is 11.8. The standard InChI is InChI=1S/C18H21NO5/c1-3-23-18(21)12-19(10-14-7-5-4-6-8-14)11-15-9-16(20)17(22-2)13-24-15/h4-9,13H,3,10-12H2,1-2H3. The van der Waals surface area contributed by atoms with Gasteiger partial charge in [-0.3, -0.25) is 14.5 Å². The van der Waals surface area contributed by atoms with E-state index in [2.05, 4.69) is 0 Å². The fourth-order valence-corrected chi connectivity index (χ4v) is 2.29. The molecule has 2 aromatic rings. The number of nitrogens with zero attached hydrogens (tertiary/aromatic N) is 1. The van der Waals surface area contributed by atoms with E-state index in [0.29, 0.717) is 25.5 Å². The quantitative estimate of drug-likeness (QED) is 0.691. The van der Waals surface area contributed by atoms with Crippen molar-refractivity contribution in [2.75, 3.05) is 20.3 Å². The van der Waals surface area contributed by atoms with Crippen LogP contribution in [0, 0.1) is 0 Å². The third kappa shape index (κ3) is 5.24. The second kappa shape index (κ2) is 8.88. The zero-order valence-electron chi connectivity index (χ0n) is 13.9. The Hall–Kier alpha value is -2.60. The predicted molar refractivity (Wildman–Crippen MR) is 88.7 cm³/mol. The van der Waals surface area contributed by atoms with Crippen LogP contribution in [-0.2, 0) is 22.6 Å². The number of rotatable bonds is 8. The lowest BCUT2D eigenvalue weighted by Crippen LogP contribution is -2.30. The largest absolute Gasteiger partial charge is 0.490 e. The van der Waals surface area contributed by atoms with Gasteiger partial charge in [0.1, 0.15) is 12.0 Å². The van der Waals surface area contributed by atoms with E-state index in [4.69, 9.17) is 13.9 Å². The molecule has 2 rings (SSSR count). The highest BCUT2D eigenvalue weighted by Gasteiger charge is 2.15. The molecule has 0 aliphatic heterocycles. The highest BCUT2D eigenvalue weighted by atomic mass is 16.5. The smallest absolute Gasteiger partial charge is 0.320 e. The first kappa shape index (κ1) is 17.7. The van der Waals surface area contributed by atoms with E-state index in [9.17, 15) is 9.59 Å². The molecule has 0 N–H and O–H groups in total. The molecule has 0 amide bonds. The van der Waals surface area contributed by atoms with Crippen molar-refractivity contribution in [2.45, 2.75) is 20.0 Å². The van der Waals surface area contributed by atoms with E-state index in [1.54, 1.807) is 6.92 Å². The first-order chi connectivity index (χ1) is 11.6. The molecule has 0 fully saturated rings. The molecule has 1 aromatic heterocycles. The van der Waals surface area contributed by atoms with Crippen molar-refractivity contribution in [3.63, 3.8) is 0 Å². The lowest BCUT2D eigenvalue weighted by Gasteiger charge is -2.20. The first-order valence-electron chi connectivity index (χ1n) is 7.70. The molecule has 0 saturated heterocycles. The average molecular weight is 331 g/mol. The van der Waals surface area contributed by atoms with E-state index in [1.807, 2.05) is 35.2 Å². The monoisotopic (exact) mass is 331 g/mol. The summed E-state index contributed by atoms with van der Waals surface area (Å²) in [5.41, 5.74) is 0.798. The van der Waals surface area contributed by atoms with Gasteiger partial charge in [0.05, 0.1) is 26.8 Å². The van der Waals surface area contributed by atoms with Crippen molar-refractivity contribution in [2.24, 2.45) is 0 Å². The Morgan fingerprint density at radius 3 is 2.58 bits per heavy atom. The van der Waals surface area contributed by atoms with E-state index in [0.717, 1.165) is 5.56 Å². The molecule has 0 spiro atoms. The summed E-state index contributed by atoms with van der Waals surface area (Å²) in [5, 5.41) is 0. The molecule has 0 aliphatic rings. The van der Waals surface area contributed by atoms with Crippen molar-refractivity contribution in [3.05, 3.63) is 64.2 Å². The zero-order valence-corrected chi connectivity index (χ0v) is 13.9. The van der Waals surface area contributed by atoms with Gasteiger partial charge in [-0.05, 0) is 12.5 Å². The topological polar surface area (TPSA) is 69.0 Å². The van der Waals surface area contributed by atoms with Crippen LogP contribution in [0.5, 0.6) is 5.75 Å². The van der Waals surface area contributed by atoms with Crippen molar-refractivity contribution in [3.8, 4) is 5.75 Å². The van der Waals surface area contributed by atoms with Gasteiger partial charge in [0.15, 0.2) is 0 Å². The third-order valence-electron chi connectivity index (χ3n) is 3.36. The Kier molecular flexibility index (Phi) is 6.57. The predicted octanol–water partition coefficient (Wildman–Crippen LogP) is 2.21. The van der Waals surface area contributed by atoms with E-state index >= 15 is 0 Å². The van der Waals surface area contributed by atoms with Crippen molar-refractivity contribution in [1.82, 2.24) is 4.90 Å². The highest BCUT2D eigenvalue weighted by Crippen LogP contribution is 2.11. The summed E-state index contributed by atoms with van der Waals surface area (Å²) in [5.74, 6) is 0.295. The summed E-state index contributed by atoms with van der Waals surface area (Å²) < 4.78 is 15.3. The van der Waals surface area contributed by atoms with Crippen LogP contribution in [0.3, 0.4) is 0 Å². The Labute approximate surface area is 140 Å². The second-order valence-corrected chi connectivity index (χ2v) is 5.21. The summed E-state index contributed by atoms with van der Waals surface area (Å²) >= 11 is 0. The molecule has 0 radical (unpaired) electrons. The summed E-state index contributed by atoms with van der Waals surface area (Å²) in [7, 11) is 1.41. The second-order valence-electron chi connectivity index (χ2n) is 5.21. The van der Waals surface area contributed by atoms with Crippen molar-refractivity contribution < 1.29 is 18.7 Å². The summed E-state index contributed by atoms with van der Waals surface area (Å²) in [6, 6.07) is 11.1. The SMILES string of the molecule is CCOC(=O)CN(Cc1ccccc1)Cc1cc(=O)c(OC)co1. The van der Waals surface area contributed by atoms with Gasteiger partial charge < -0.3 is 13.9 Å². The van der Waals surface area contributed by atoms with Gasteiger partial charge in [0.25, 0.3) is 0 Å². The molecular weight excluding hydrogens is 310 g/mol. The van der Waals surface area contributed by atoms with E-state index < -0.39 is 0 Å². The van der Waals surface area contributed by atoms with Crippen molar-refractivity contribution in [1.29, 1.82) is 0 Å². The van der Waals surface area contributed by atoms with Gasteiger partial charge >= 0.3 is 5.97 Å². The van der Waals surface area contributed by atoms with Crippen LogP contribution in [0.25, 0.3) is 0 Å². The van der Waals surface area contributed by atoms with Crippen LogP contribution >= 0.6 is 0 Å². The van der Waals surface area contributed by atoms with Crippen LogP contribution in [-0.4, -0.2) is 31.1 Å². The molecule has 1 heterocycles. The molecule has 6 heteroatoms. The average Bonchev–Trinajstić information content (AvgIpc) is 2.56. The molecule has 0 saturated carbocycles. The van der Waals surface area contributed by atoms with Crippen LogP contribution in [0.2, 0.25) is 0 Å². The minimum atomic E-state index is -0.315. The van der Waals surface area contributed by atoms with Gasteiger partial charge in [0, 0.05) is 12.6 Å². The molecule has 1 aromatic carbocycles. The van der Waals surface area contributed by atoms with Gasteiger partial charge in [-0.1, -0.05) is 30.3 Å². The van der Waals surface area contributed by atoms with Gasteiger partial charge in [-0.2, -0.15) is 0 Å². The van der Waals surface area contributed by atoms with E-state index in [-0.39, 0.29) is 23.7 Å². The third-order valence-corrected chi connectivity index (χ3v) is 3.36. The summed E-state index contributed by atoms with van der Waals surface area (Å²) in [6.07, 6.45) is 1.28. The van der Waals surface area contributed by atoms with E-state index in [1.165, 1.54) is 19.4 Å². The zero-order chi connectivity index (χ0) is 17.4. The number of esters is 1. The van der Waals surface area contributed by atoms with Gasteiger partial charge in [0.2, 0.25) is 11.2 Å². The molecule has 24 heavy (non-hydrogen) atoms. The van der Waals surface area contributed by atoms with Crippen LogP contribution < -0.4 is 10.2 Å². The normalized spacial score (nSPS) is 10.6. The lowest BCUT2D eigenvalue weighted by atomic mass is 10.2. The molecule has 128 valence electrons. The highest BCUT2D eigenvalue weighted by molar-refractivity contribution is 5.71. The van der Waals surface area contributed by atoms with Crippen molar-refractivity contribution >= 4 is 5.97 Å². The number of hydrogen-bond acceptors (Lipinski definition) is 6. The Bertz CT molecular complexity index is 711. The van der Waals surface area contributed by atoms with Gasteiger partial charge in [-0.25, -0.2) is 0 Å². The number of methoxy groups -OCH3 is 1. The molecule has 6 nitrogen and oxygen atoms in total. The Morgan fingerprint density at radius 1 is 1.21 bits per heavy atom. The first-order valence-corrected chi connectivity index (χ1v) is 7.70. The molecule has 0 bridgehead atoms. The van der Waals surface area contributed by atoms with Crippen LogP contribution in [0.15, 0.2) is 51.9 Å². The minimum Gasteiger partial charge on any atom is -0.490 e. The molecule has 0 unspecified atom stereocenters. The fraction of sp³-hybridized carbons (Fsp3) is 0.333. The molecule has 0 aliphatic carbocycles. The Morgan fingerprint density at radius 2 is 1.96 bits per heavy atom. The number of carbonyl (C=O) groups excluding carboxylic acids is 1. The fourth-order valence-electron chi connectivity index (χ4n) is 2.29. The van der Waals surface area contributed by atoms with Crippen LogP contribution in [0.4, 0.5) is 0 Å². The maximum absolute atomic E-state index is 11.8. The maximum Gasteiger partial charge on any atom is 0.320 e. The number of ether oxygens (including phenoxy) is 2. The number of benzene rings is 1. The van der Waals surface area contributed by atoms with Gasteiger partial charge in [-0.15, -0.1) is 0 Å². The lowest BCUT2D eigenvalue weighted by molar-refractivity contribution is -0.144. The Balaban J connectivity index is 2.13.